The van der Waals surface area contributed by atoms with Crippen molar-refractivity contribution >= 4 is 0 Å². The molecule has 110 valence electrons. The molecule has 2 fully saturated rings. The summed E-state index contributed by atoms with van der Waals surface area (Å²) in [7, 11) is 0. The summed E-state index contributed by atoms with van der Waals surface area (Å²) in [6, 6.07) is 6.43. The van der Waals surface area contributed by atoms with E-state index in [0.717, 1.165) is 12.8 Å². The van der Waals surface area contributed by atoms with Crippen molar-refractivity contribution in [1.82, 2.24) is 0 Å². The standard InChI is InChI=1S/C17H24FNO/c1-2-17(20,14-4-3-5-15(18)9-14)16(11-19)10-12-6-7-13(16)8-12/h3-5,9,12-13,20H,2,6-8,10-11,19H2,1H3. The van der Waals surface area contributed by atoms with Gasteiger partial charge in [-0.15, -0.1) is 0 Å². The summed E-state index contributed by atoms with van der Waals surface area (Å²) in [6.45, 7) is 2.46. The van der Waals surface area contributed by atoms with Gasteiger partial charge in [0.15, 0.2) is 0 Å². The second-order valence-electron chi connectivity index (χ2n) is 6.66. The van der Waals surface area contributed by atoms with Crippen molar-refractivity contribution in [2.75, 3.05) is 6.54 Å². The average Bonchev–Trinajstić information content (AvgIpc) is 3.07. The summed E-state index contributed by atoms with van der Waals surface area (Å²) < 4.78 is 13.6. The molecule has 2 saturated carbocycles. The van der Waals surface area contributed by atoms with E-state index in [0.29, 0.717) is 30.4 Å². The molecule has 3 rings (SSSR count). The van der Waals surface area contributed by atoms with Crippen LogP contribution in [0.1, 0.15) is 44.6 Å². The molecular formula is C17H24FNO. The third-order valence-electron chi connectivity index (χ3n) is 5.98. The third-order valence-corrected chi connectivity index (χ3v) is 5.98. The second-order valence-corrected chi connectivity index (χ2v) is 6.66. The molecule has 1 aromatic carbocycles. The Hall–Kier alpha value is -0.930. The highest BCUT2D eigenvalue weighted by atomic mass is 19.1. The highest BCUT2D eigenvalue weighted by Crippen LogP contribution is 2.63. The van der Waals surface area contributed by atoms with Crippen LogP contribution in [0.2, 0.25) is 0 Å². The Morgan fingerprint density at radius 1 is 1.45 bits per heavy atom. The zero-order valence-corrected chi connectivity index (χ0v) is 12.1. The van der Waals surface area contributed by atoms with Crippen LogP contribution in [0.3, 0.4) is 0 Å². The molecule has 0 radical (unpaired) electrons. The molecule has 1 aromatic rings. The predicted octanol–water partition coefficient (Wildman–Crippen LogP) is 3.19. The van der Waals surface area contributed by atoms with Crippen molar-refractivity contribution in [1.29, 1.82) is 0 Å². The summed E-state index contributed by atoms with van der Waals surface area (Å²) in [5.74, 6) is 0.880. The Bertz CT molecular complexity index is 506. The highest BCUT2D eigenvalue weighted by molar-refractivity contribution is 5.28. The molecule has 2 aliphatic carbocycles. The Labute approximate surface area is 120 Å². The maximum absolute atomic E-state index is 13.6. The predicted molar refractivity (Wildman–Crippen MR) is 77.5 cm³/mol. The summed E-state index contributed by atoms with van der Waals surface area (Å²) >= 11 is 0. The van der Waals surface area contributed by atoms with Crippen molar-refractivity contribution in [3.05, 3.63) is 35.6 Å². The van der Waals surface area contributed by atoms with Gasteiger partial charge in [0, 0.05) is 12.0 Å². The Morgan fingerprint density at radius 3 is 2.75 bits per heavy atom. The lowest BCUT2D eigenvalue weighted by Crippen LogP contribution is -2.53. The van der Waals surface area contributed by atoms with Crippen LogP contribution in [-0.2, 0) is 5.60 Å². The number of fused-ring (bicyclic) bond motifs is 2. The van der Waals surface area contributed by atoms with Crippen molar-refractivity contribution in [3.8, 4) is 0 Å². The van der Waals surface area contributed by atoms with Crippen LogP contribution < -0.4 is 5.73 Å². The molecule has 3 heteroatoms. The molecule has 0 spiro atoms. The van der Waals surface area contributed by atoms with E-state index in [9.17, 15) is 9.50 Å². The molecular weight excluding hydrogens is 253 g/mol. The molecule has 0 saturated heterocycles. The third kappa shape index (κ3) is 1.76. The number of aliphatic hydroxyl groups is 1. The van der Waals surface area contributed by atoms with Crippen LogP contribution in [-0.4, -0.2) is 11.7 Å². The first-order valence-corrected chi connectivity index (χ1v) is 7.74. The SMILES string of the molecule is CCC(O)(c1cccc(F)c1)C1(CN)CC2CCC1C2. The van der Waals surface area contributed by atoms with Gasteiger partial charge in [-0.3, -0.25) is 0 Å². The van der Waals surface area contributed by atoms with E-state index < -0.39 is 5.60 Å². The van der Waals surface area contributed by atoms with E-state index >= 15 is 0 Å². The van der Waals surface area contributed by atoms with E-state index in [2.05, 4.69) is 0 Å². The number of hydrogen-bond donors (Lipinski definition) is 2. The quantitative estimate of drug-likeness (QED) is 0.888. The fourth-order valence-corrected chi connectivity index (χ4v) is 4.96. The molecule has 4 unspecified atom stereocenters. The molecule has 0 aliphatic heterocycles. The summed E-state index contributed by atoms with van der Waals surface area (Å²) in [4.78, 5) is 0. The van der Waals surface area contributed by atoms with Gasteiger partial charge in [0.1, 0.15) is 5.82 Å². The van der Waals surface area contributed by atoms with Gasteiger partial charge in [0.25, 0.3) is 0 Å². The van der Waals surface area contributed by atoms with E-state index in [1.165, 1.54) is 25.0 Å². The van der Waals surface area contributed by atoms with Gasteiger partial charge in [0.05, 0.1) is 5.60 Å². The largest absolute Gasteiger partial charge is 0.385 e. The Morgan fingerprint density at radius 2 is 2.25 bits per heavy atom. The fraction of sp³-hybridized carbons (Fsp3) is 0.647. The van der Waals surface area contributed by atoms with Gasteiger partial charge in [-0.2, -0.15) is 0 Å². The van der Waals surface area contributed by atoms with Crippen molar-refractivity contribution in [2.24, 2.45) is 23.0 Å². The molecule has 2 aliphatic rings. The van der Waals surface area contributed by atoms with E-state index in [1.807, 2.05) is 13.0 Å². The molecule has 4 atom stereocenters. The molecule has 2 bridgehead atoms. The van der Waals surface area contributed by atoms with Gasteiger partial charge < -0.3 is 10.8 Å². The average molecular weight is 277 g/mol. The molecule has 0 heterocycles. The molecule has 0 aromatic heterocycles. The molecule has 0 amide bonds. The van der Waals surface area contributed by atoms with Crippen molar-refractivity contribution < 1.29 is 9.50 Å². The summed E-state index contributed by atoms with van der Waals surface area (Å²) in [5.41, 5.74) is 5.54. The Kier molecular flexibility index (Phi) is 3.38. The van der Waals surface area contributed by atoms with Crippen molar-refractivity contribution in [2.45, 2.75) is 44.6 Å². The Balaban J connectivity index is 2.07. The van der Waals surface area contributed by atoms with Crippen LogP contribution >= 0.6 is 0 Å². The lowest BCUT2D eigenvalue weighted by atomic mass is 9.59. The lowest BCUT2D eigenvalue weighted by Gasteiger charge is -2.50. The van der Waals surface area contributed by atoms with Crippen LogP contribution in [0.5, 0.6) is 0 Å². The zero-order chi connectivity index (χ0) is 14.4. The maximum atomic E-state index is 13.6. The summed E-state index contributed by atoms with van der Waals surface area (Å²) in [6.07, 6.45) is 5.15. The van der Waals surface area contributed by atoms with Gasteiger partial charge in [-0.1, -0.05) is 25.5 Å². The number of benzene rings is 1. The first-order chi connectivity index (χ1) is 9.55. The monoisotopic (exact) mass is 277 g/mol. The zero-order valence-electron chi connectivity index (χ0n) is 12.1. The van der Waals surface area contributed by atoms with Crippen LogP contribution in [0.25, 0.3) is 0 Å². The molecule has 20 heavy (non-hydrogen) atoms. The van der Waals surface area contributed by atoms with Gasteiger partial charge in [0.2, 0.25) is 0 Å². The van der Waals surface area contributed by atoms with Crippen molar-refractivity contribution in [3.63, 3.8) is 0 Å². The minimum absolute atomic E-state index is 0.279. The smallest absolute Gasteiger partial charge is 0.123 e. The number of rotatable bonds is 4. The fourth-order valence-electron chi connectivity index (χ4n) is 4.96. The molecule has 2 nitrogen and oxygen atoms in total. The van der Waals surface area contributed by atoms with E-state index in [1.54, 1.807) is 6.07 Å². The van der Waals surface area contributed by atoms with Gasteiger partial charge in [-0.05, 0) is 55.2 Å². The van der Waals surface area contributed by atoms with Crippen LogP contribution in [0, 0.1) is 23.1 Å². The topological polar surface area (TPSA) is 46.2 Å². The number of halogens is 1. The highest BCUT2D eigenvalue weighted by Gasteiger charge is 2.60. The van der Waals surface area contributed by atoms with E-state index in [-0.39, 0.29) is 11.2 Å². The minimum atomic E-state index is -1.01. The maximum Gasteiger partial charge on any atom is 0.123 e. The first kappa shape index (κ1) is 14.0. The summed E-state index contributed by atoms with van der Waals surface area (Å²) in [5, 5.41) is 11.4. The molecule has 3 N–H and O–H groups in total. The first-order valence-electron chi connectivity index (χ1n) is 7.74. The number of nitrogens with two attached hydrogens (primary N) is 1. The van der Waals surface area contributed by atoms with E-state index in [4.69, 9.17) is 5.73 Å². The van der Waals surface area contributed by atoms with Gasteiger partial charge >= 0.3 is 0 Å². The van der Waals surface area contributed by atoms with Crippen LogP contribution in [0.15, 0.2) is 24.3 Å². The second kappa shape index (κ2) is 4.81. The van der Waals surface area contributed by atoms with Crippen LogP contribution in [0.4, 0.5) is 4.39 Å². The number of hydrogen-bond acceptors (Lipinski definition) is 2. The lowest BCUT2D eigenvalue weighted by molar-refractivity contribution is -0.119. The normalized spacial score (nSPS) is 35.2. The van der Waals surface area contributed by atoms with Gasteiger partial charge in [-0.25, -0.2) is 4.39 Å². The minimum Gasteiger partial charge on any atom is -0.385 e.